The predicted octanol–water partition coefficient (Wildman–Crippen LogP) is -0.253. The zero-order valence-corrected chi connectivity index (χ0v) is 14.2. The minimum atomic E-state index is -3.37. The third-order valence-corrected chi connectivity index (χ3v) is 4.45. The molecule has 1 aliphatic rings. The molecule has 1 fully saturated rings. The average molecular weight is 341 g/mol. The maximum Gasteiger partial charge on any atom is 0.235 e. The second-order valence-corrected chi connectivity index (χ2v) is 7.60. The smallest absolute Gasteiger partial charge is 0.235 e. The highest BCUT2D eigenvalue weighted by Crippen LogP contribution is 2.24. The van der Waals surface area contributed by atoms with Crippen LogP contribution in [0.15, 0.2) is 18.5 Å². The summed E-state index contributed by atoms with van der Waals surface area (Å²) in [4.78, 5) is 22.5. The number of sulfonamides is 1. The number of aromatic nitrogens is 2. The van der Waals surface area contributed by atoms with E-state index in [1.807, 2.05) is 0 Å². The highest BCUT2D eigenvalue weighted by Gasteiger charge is 2.34. The number of hydrogen-bond acceptors (Lipinski definition) is 6. The van der Waals surface area contributed by atoms with E-state index in [1.54, 1.807) is 18.5 Å². The first kappa shape index (κ1) is 17.6. The minimum absolute atomic E-state index is 0.0346. The Balaban J connectivity index is 1.97. The van der Waals surface area contributed by atoms with Crippen LogP contribution in [0.1, 0.15) is 19.8 Å². The molecule has 1 aromatic rings. The lowest BCUT2D eigenvalue weighted by Gasteiger charge is -2.19. The molecule has 1 amide bonds. The van der Waals surface area contributed by atoms with Gasteiger partial charge in [0.15, 0.2) is 0 Å². The zero-order valence-electron chi connectivity index (χ0n) is 13.4. The number of carbonyl (C=O) groups excluding carboxylic acids is 1. The fourth-order valence-corrected chi connectivity index (χ4v) is 3.16. The van der Waals surface area contributed by atoms with Crippen LogP contribution in [0.3, 0.4) is 0 Å². The van der Waals surface area contributed by atoms with Crippen molar-refractivity contribution in [2.75, 3.05) is 30.8 Å². The van der Waals surface area contributed by atoms with E-state index in [9.17, 15) is 13.2 Å². The molecule has 0 aliphatic carbocycles. The van der Waals surface area contributed by atoms with Crippen molar-refractivity contribution in [3.8, 4) is 0 Å². The van der Waals surface area contributed by atoms with Gasteiger partial charge in [-0.15, -0.1) is 0 Å². The Labute approximate surface area is 136 Å². The maximum atomic E-state index is 12.0. The van der Waals surface area contributed by atoms with E-state index in [4.69, 9.17) is 0 Å². The fraction of sp³-hybridized carbons (Fsp3) is 0.643. The van der Waals surface area contributed by atoms with Gasteiger partial charge in [-0.25, -0.2) is 23.1 Å². The summed E-state index contributed by atoms with van der Waals surface area (Å²) in [7, 11) is -3.37. The lowest BCUT2D eigenvalue weighted by Crippen LogP contribution is -2.45. The molecule has 2 heterocycles. The van der Waals surface area contributed by atoms with Crippen LogP contribution < -0.4 is 14.9 Å². The molecular weight excluding hydrogens is 318 g/mol. The molecule has 2 N–H and O–H groups in total. The molecule has 0 radical (unpaired) electrons. The van der Waals surface area contributed by atoms with Crippen LogP contribution in [0.25, 0.3) is 0 Å². The van der Waals surface area contributed by atoms with Gasteiger partial charge in [0.2, 0.25) is 21.9 Å². The third kappa shape index (κ3) is 5.43. The zero-order chi connectivity index (χ0) is 16.9. The van der Waals surface area contributed by atoms with Crippen LogP contribution in [-0.2, 0) is 14.8 Å². The highest BCUT2D eigenvalue weighted by molar-refractivity contribution is 7.88. The van der Waals surface area contributed by atoms with E-state index in [1.165, 1.54) is 0 Å². The summed E-state index contributed by atoms with van der Waals surface area (Å²) in [5.41, 5.74) is 0. The maximum absolute atomic E-state index is 12.0. The van der Waals surface area contributed by atoms with Gasteiger partial charge in [-0.1, -0.05) is 13.3 Å². The molecule has 8 nitrogen and oxygen atoms in total. The molecule has 0 aromatic carbocycles. The summed E-state index contributed by atoms with van der Waals surface area (Å²) in [6.45, 7) is 3.27. The second kappa shape index (κ2) is 7.69. The molecule has 1 aromatic heterocycles. The van der Waals surface area contributed by atoms with Crippen LogP contribution >= 0.6 is 0 Å². The third-order valence-electron chi connectivity index (χ3n) is 3.78. The Kier molecular flexibility index (Phi) is 5.89. The van der Waals surface area contributed by atoms with Gasteiger partial charge in [0.1, 0.15) is 0 Å². The lowest BCUT2D eigenvalue weighted by molar-refractivity contribution is -0.120. The van der Waals surface area contributed by atoms with E-state index < -0.39 is 10.0 Å². The molecule has 2 rings (SSSR count). The van der Waals surface area contributed by atoms with Crippen molar-refractivity contribution in [2.24, 2.45) is 5.92 Å². The molecule has 0 saturated carbocycles. The quantitative estimate of drug-likeness (QED) is 0.708. The van der Waals surface area contributed by atoms with Crippen LogP contribution in [0.4, 0.5) is 5.95 Å². The molecule has 128 valence electrons. The number of nitrogens with zero attached hydrogens (tertiary/aromatic N) is 3. The number of hydrogen-bond donors (Lipinski definition) is 2. The van der Waals surface area contributed by atoms with Crippen molar-refractivity contribution >= 4 is 21.9 Å². The number of anilines is 1. The largest absolute Gasteiger partial charge is 0.350 e. The van der Waals surface area contributed by atoms with Gasteiger partial charge in [0, 0.05) is 25.5 Å². The van der Waals surface area contributed by atoms with Gasteiger partial charge in [-0.2, -0.15) is 0 Å². The van der Waals surface area contributed by atoms with Crippen molar-refractivity contribution in [3.05, 3.63) is 18.5 Å². The minimum Gasteiger partial charge on any atom is -0.350 e. The number of nitrogens with one attached hydrogen (secondary N) is 2. The van der Waals surface area contributed by atoms with Gasteiger partial charge < -0.3 is 10.2 Å². The fourth-order valence-electron chi connectivity index (χ4n) is 2.77. The summed E-state index contributed by atoms with van der Waals surface area (Å²) in [6, 6.07) is 1.73. The Morgan fingerprint density at radius 2 is 2.04 bits per heavy atom. The van der Waals surface area contributed by atoms with Crippen molar-refractivity contribution in [3.63, 3.8) is 0 Å². The van der Waals surface area contributed by atoms with Crippen molar-refractivity contribution in [1.82, 2.24) is 20.0 Å². The molecule has 0 bridgehead atoms. The first-order valence-corrected chi connectivity index (χ1v) is 9.54. The normalized spacial score (nSPS) is 21.4. The van der Waals surface area contributed by atoms with E-state index in [-0.39, 0.29) is 18.5 Å². The van der Waals surface area contributed by atoms with Gasteiger partial charge in [0.05, 0.1) is 18.8 Å². The summed E-state index contributed by atoms with van der Waals surface area (Å²) in [6.07, 6.45) is 6.41. The average Bonchev–Trinajstić information content (AvgIpc) is 2.89. The molecule has 1 aliphatic heterocycles. The van der Waals surface area contributed by atoms with Gasteiger partial charge in [0.25, 0.3) is 0 Å². The molecule has 2 atom stereocenters. The first-order valence-electron chi connectivity index (χ1n) is 7.65. The molecule has 1 saturated heterocycles. The van der Waals surface area contributed by atoms with E-state index in [0.717, 1.165) is 25.6 Å². The molecule has 9 heteroatoms. The Hall–Kier alpha value is -1.74. The summed E-state index contributed by atoms with van der Waals surface area (Å²) in [5, 5.41) is 2.92. The number of carbonyl (C=O) groups is 1. The Bertz CT molecular complexity index is 623. The van der Waals surface area contributed by atoms with E-state index >= 15 is 0 Å². The van der Waals surface area contributed by atoms with E-state index in [0.29, 0.717) is 18.4 Å². The van der Waals surface area contributed by atoms with Gasteiger partial charge >= 0.3 is 0 Å². The Morgan fingerprint density at radius 1 is 1.35 bits per heavy atom. The topological polar surface area (TPSA) is 104 Å². The van der Waals surface area contributed by atoms with Gasteiger partial charge in [-0.05, 0) is 18.4 Å². The SMILES string of the molecule is CCC[C@@H]1CN(c2ncccn2)C[C@H]1NC(=O)CNS(C)(=O)=O. The first-order chi connectivity index (χ1) is 10.9. The Morgan fingerprint density at radius 3 is 2.65 bits per heavy atom. The van der Waals surface area contributed by atoms with Crippen LogP contribution in [0, 0.1) is 5.92 Å². The molecule has 23 heavy (non-hydrogen) atoms. The van der Waals surface area contributed by atoms with Gasteiger partial charge in [-0.3, -0.25) is 4.79 Å². The predicted molar refractivity (Wildman–Crippen MR) is 87.4 cm³/mol. The summed E-state index contributed by atoms with van der Waals surface area (Å²) < 4.78 is 24.3. The second-order valence-electron chi connectivity index (χ2n) is 5.77. The van der Waals surface area contributed by atoms with E-state index in [2.05, 4.69) is 31.8 Å². The number of rotatable bonds is 7. The molecule has 0 spiro atoms. The van der Waals surface area contributed by atoms with Crippen LogP contribution in [-0.4, -0.2) is 56.2 Å². The number of amides is 1. The monoisotopic (exact) mass is 341 g/mol. The highest BCUT2D eigenvalue weighted by atomic mass is 32.2. The van der Waals surface area contributed by atoms with Crippen LogP contribution in [0.5, 0.6) is 0 Å². The van der Waals surface area contributed by atoms with Crippen molar-refractivity contribution in [2.45, 2.75) is 25.8 Å². The van der Waals surface area contributed by atoms with Crippen LogP contribution in [0.2, 0.25) is 0 Å². The molecule has 0 unspecified atom stereocenters. The standard InChI is InChI=1S/C14H23N5O3S/c1-3-5-11-9-19(14-15-6-4-7-16-14)10-12(11)18-13(20)8-17-23(2,21)22/h4,6-7,11-12,17H,3,5,8-10H2,1-2H3,(H,18,20)/t11-,12-/m1/s1. The summed E-state index contributed by atoms with van der Waals surface area (Å²) >= 11 is 0. The van der Waals surface area contributed by atoms with Crippen molar-refractivity contribution in [1.29, 1.82) is 0 Å². The lowest BCUT2D eigenvalue weighted by atomic mass is 9.98. The molecular formula is C14H23N5O3S. The summed E-state index contributed by atoms with van der Waals surface area (Å²) in [5.74, 6) is 0.628. The van der Waals surface area contributed by atoms with Crippen molar-refractivity contribution < 1.29 is 13.2 Å².